The van der Waals surface area contributed by atoms with Gasteiger partial charge in [-0.2, -0.15) is 5.10 Å². The number of hydrogen-bond acceptors (Lipinski definition) is 2. The summed E-state index contributed by atoms with van der Waals surface area (Å²) in [4.78, 5) is 4.67. The van der Waals surface area contributed by atoms with E-state index in [0.29, 0.717) is 0 Å². The molecule has 3 heteroatoms. The van der Waals surface area contributed by atoms with E-state index in [4.69, 9.17) is 0 Å². The first-order valence-corrected chi connectivity index (χ1v) is 6.43. The molecule has 2 heterocycles. The van der Waals surface area contributed by atoms with Crippen LogP contribution in [0.15, 0.2) is 30.5 Å². The summed E-state index contributed by atoms with van der Waals surface area (Å²) in [6.45, 7) is 6.23. The van der Waals surface area contributed by atoms with Crippen molar-refractivity contribution in [3.05, 3.63) is 47.3 Å². The zero-order valence-corrected chi connectivity index (χ0v) is 11.7. The molecule has 19 heavy (non-hydrogen) atoms. The first kappa shape index (κ1) is 11.9. The third-order valence-corrected chi connectivity index (χ3v) is 3.56. The highest BCUT2D eigenvalue weighted by molar-refractivity contribution is 5.86. The third-order valence-electron chi connectivity index (χ3n) is 3.56. The van der Waals surface area contributed by atoms with Crippen LogP contribution in [0.2, 0.25) is 0 Å². The number of hydrogen-bond donors (Lipinski definition) is 0. The van der Waals surface area contributed by atoms with Gasteiger partial charge >= 0.3 is 0 Å². The van der Waals surface area contributed by atoms with Crippen molar-refractivity contribution in [1.29, 1.82) is 0 Å². The minimum absolute atomic E-state index is 1.02. The molecule has 0 unspecified atom stereocenters. The Bertz CT molecular complexity index is 769. The van der Waals surface area contributed by atoms with Crippen molar-refractivity contribution < 1.29 is 0 Å². The second-order valence-electron chi connectivity index (χ2n) is 5.13. The summed E-state index contributed by atoms with van der Waals surface area (Å²) in [5.41, 5.74) is 6.74. The summed E-state index contributed by atoms with van der Waals surface area (Å²) in [5.74, 6) is 0. The number of pyridine rings is 1. The Labute approximate surface area is 112 Å². The minimum atomic E-state index is 1.02. The van der Waals surface area contributed by atoms with Crippen LogP contribution in [-0.4, -0.2) is 14.8 Å². The van der Waals surface area contributed by atoms with Gasteiger partial charge in [0.05, 0.1) is 11.2 Å². The molecular formula is C16H17N3. The molecule has 0 aliphatic heterocycles. The molecule has 0 N–H and O–H groups in total. The van der Waals surface area contributed by atoms with Gasteiger partial charge in [0, 0.05) is 29.9 Å². The summed E-state index contributed by atoms with van der Waals surface area (Å²) in [5, 5.41) is 5.64. The second-order valence-corrected chi connectivity index (χ2v) is 5.13. The van der Waals surface area contributed by atoms with Crippen molar-refractivity contribution in [3.8, 4) is 11.3 Å². The molecular weight excluding hydrogens is 234 g/mol. The van der Waals surface area contributed by atoms with Crippen molar-refractivity contribution in [2.45, 2.75) is 20.8 Å². The van der Waals surface area contributed by atoms with Crippen molar-refractivity contribution in [2.75, 3.05) is 0 Å². The van der Waals surface area contributed by atoms with Crippen molar-refractivity contribution in [3.63, 3.8) is 0 Å². The van der Waals surface area contributed by atoms with Crippen LogP contribution in [0.1, 0.15) is 16.8 Å². The van der Waals surface area contributed by atoms with E-state index in [-0.39, 0.29) is 0 Å². The fourth-order valence-corrected chi connectivity index (χ4v) is 2.37. The first-order valence-electron chi connectivity index (χ1n) is 6.43. The van der Waals surface area contributed by atoms with Crippen LogP contribution in [0.25, 0.3) is 22.2 Å². The third kappa shape index (κ3) is 2.01. The Balaban J connectivity index is 2.21. The molecule has 2 aromatic heterocycles. The molecule has 3 nitrogen and oxygen atoms in total. The molecule has 96 valence electrons. The molecule has 0 saturated carbocycles. The van der Waals surface area contributed by atoms with E-state index in [1.165, 1.54) is 11.1 Å². The highest BCUT2D eigenvalue weighted by Crippen LogP contribution is 2.26. The van der Waals surface area contributed by atoms with E-state index in [1.54, 1.807) is 0 Å². The average molecular weight is 251 g/mol. The van der Waals surface area contributed by atoms with Crippen LogP contribution in [0.3, 0.4) is 0 Å². The maximum atomic E-state index is 4.67. The maximum absolute atomic E-state index is 4.67. The van der Waals surface area contributed by atoms with Gasteiger partial charge in [0.1, 0.15) is 0 Å². The number of benzene rings is 1. The molecule has 0 saturated heterocycles. The lowest BCUT2D eigenvalue weighted by molar-refractivity contribution is 0.779. The topological polar surface area (TPSA) is 30.7 Å². The zero-order chi connectivity index (χ0) is 13.6. The van der Waals surface area contributed by atoms with Gasteiger partial charge in [-0.1, -0.05) is 6.07 Å². The van der Waals surface area contributed by atoms with Crippen LogP contribution in [-0.2, 0) is 7.05 Å². The van der Waals surface area contributed by atoms with Gasteiger partial charge in [0.25, 0.3) is 0 Å². The monoisotopic (exact) mass is 251 g/mol. The van der Waals surface area contributed by atoms with Gasteiger partial charge in [-0.05, 0) is 50.1 Å². The summed E-state index contributed by atoms with van der Waals surface area (Å²) < 4.78 is 1.86. The number of rotatable bonds is 1. The van der Waals surface area contributed by atoms with E-state index in [0.717, 1.165) is 27.9 Å². The lowest BCUT2D eigenvalue weighted by atomic mass is 10.0. The van der Waals surface area contributed by atoms with Gasteiger partial charge in [-0.3, -0.25) is 9.67 Å². The summed E-state index contributed by atoms with van der Waals surface area (Å²) in [7, 11) is 1.95. The average Bonchev–Trinajstić information content (AvgIpc) is 2.74. The largest absolute Gasteiger partial charge is 0.275 e. The molecule has 3 aromatic rings. The predicted molar refractivity (Wildman–Crippen MR) is 78.2 cm³/mol. The van der Waals surface area contributed by atoms with E-state index in [1.807, 2.05) is 24.9 Å². The Morgan fingerprint density at radius 1 is 1.00 bits per heavy atom. The Morgan fingerprint density at radius 3 is 2.53 bits per heavy atom. The van der Waals surface area contributed by atoms with Crippen LogP contribution in [0.4, 0.5) is 0 Å². The number of aromatic nitrogens is 3. The number of aryl methyl sites for hydroxylation is 4. The van der Waals surface area contributed by atoms with Crippen molar-refractivity contribution in [2.24, 2.45) is 7.05 Å². The number of fused-ring (bicyclic) bond motifs is 1. The first-order chi connectivity index (χ1) is 9.04. The van der Waals surface area contributed by atoms with Gasteiger partial charge in [0.2, 0.25) is 0 Å². The van der Waals surface area contributed by atoms with Crippen molar-refractivity contribution in [1.82, 2.24) is 14.8 Å². The SMILES string of the molecule is Cc1ccc(-c2cc(C)c3nn(C)cc3c2)nc1C. The highest BCUT2D eigenvalue weighted by Gasteiger charge is 2.08. The molecule has 0 bridgehead atoms. The molecule has 0 aliphatic rings. The fourth-order valence-electron chi connectivity index (χ4n) is 2.37. The second kappa shape index (κ2) is 4.19. The number of nitrogens with zero attached hydrogens (tertiary/aromatic N) is 3. The molecule has 1 aromatic carbocycles. The van der Waals surface area contributed by atoms with Gasteiger partial charge in [0.15, 0.2) is 0 Å². The predicted octanol–water partition coefficient (Wildman–Crippen LogP) is 3.56. The van der Waals surface area contributed by atoms with Crippen LogP contribution >= 0.6 is 0 Å². The molecule has 0 spiro atoms. The van der Waals surface area contributed by atoms with E-state index in [9.17, 15) is 0 Å². The van der Waals surface area contributed by atoms with E-state index in [2.05, 4.69) is 48.2 Å². The smallest absolute Gasteiger partial charge is 0.0952 e. The molecule has 0 aliphatic carbocycles. The maximum Gasteiger partial charge on any atom is 0.0952 e. The van der Waals surface area contributed by atoms with Crippen molar-refractivity contribution >= 4 is 10.9 Å². The Hall–Kier alpha value is -2.16. The Morgan fingerprint density at radius 2 is 1.79 bits per heavy atom. The molecule has 3 rings (SSSR count). The normalized spacial score (nSPS) is 11.2. The molecule has 0 atom stereocenters. The molecule has 0 fully saturated rings. The van der Waals surface area contributed by atoms with Crippen LogP contribution in [0, 0.1) is 20.8 Å². The lowest BCUT2D eigenvalue weighted by Gasteiger charge is -2.06. The minimum Gasteiger partial charge on any atom is -0.275 e. The standard InChI is InChI=1S/C16H17N3/c1-10-5-6-15(17-12(10)3)13-7-11(2)16-14(8-13)9-19(4)18-16/h5-9H,1-4H3. The van der Waals surface area contributed by atoms with E-state index < -0.39 is 0 Å². The van der Waals surface area contributed by atoms with Crippen LogP contribution < -0.4 is 0 Å². The van der Waals surface area contributed by atoms with Gasteiger partial charge in [-0.25, -0.2) is 0 Å². The quantitative estimate of drug-likeness (QED) is 0.662. The van der Waals surface area contributed by atoms with Crippen LogP contribution in [0.5, 0.6) is 0 Å². The van der Waals surface area contributed by atoms with Gasteiger partial charge < -0.3 is 0 Å². The zero-order valence-electron chi connectivity index (χ0n) is 11.7. The fraction of sp³-hybridized carbons (Fsp3) is 0.250. The summed E-state index contributed by atoms with van der Waals surface area (Å²) in [6, 6.07) is 8.53. The highest BCUT2D eigenvalue weighted by atomic mass is 15.2. The van der Waals surface area contributed by atoms with Gasteiger partial charge in [-0.15, -0.1) is 0 Å². The van der Waals surface area contributed by atoms with E-state index >= 15 is 0 Å². The lowest BCUT2D eigenvalue weighted by Crippen LogP contribution is -1.91. The summed E-state index contributed by atoms with van der Waals surface area (Å²) in [6.07, 6.45) is 2.05. The summed E-state index contributed by atoms with van der Waals surface area (Å²) >= 11 is 0. The Kier molecular flexibility index (Phi) is 2.63. The molecule has 0 radical (unpaired) electrons. The molecule has 0 amide bonds.